The molecule has 0 unspecified atom stereocenters. The van der Waals surface area contributed by atoms with Crippen molar-refractivity contribution in [3.63, 3.8) is 0 Å². The summed E-state index contributed by atoms with van der Waals surface area (Å²) in [4.78, 5) is 0. The SMILES string of the molecule is Fc1ccc(-n2c3ccc(I)cc3c3cc(I)ccc32)cc1. The quantitative estimate of drug-likeness (QED) is 0.270. The van der Waals surface area contributed by atoms with E-state index in [0.717, 1.165) is 16.7 Å². The maximum absolute atomic E-state index is 13.3. The van der Waals surface area contributed by atoms with Crippen LogP contribution in [0.3, 0.4) is 0 Å². The Bertz CT molecular complexity index is 944. The smallest absolute Gasteiger partial charge is 0.123 e. The molecule has 0 saturated carbocycles. The molecule has 1 heterocycles. The first kappa shape index (κ1) is 14.4. The molecule has 4 aromatic rings. The average molecular weight is 513 g/mol. The molecule has 0 aliphatic carbocycles. The number of aromatic nitrogens is 1. The highest BCUT2D eigenvalue weighted by molar-refractivity contribution is 14.1. The third kappa shape index (κ3) is 2.32. The summed E-state index contributed by atoms with van der Waals surface area (Å²) in [7, 11) is 0. The van der Waals surface area contributed by atoms with Crippen LogP contribution in [0.1, 0.15) is 0 Å². The monoisotopic (exact) mass is 513 g/mol. The van der Waals surface area contributed by atoms with E-state index in [1.165, 1.54) is 30.0 Å². The second kappa shape index (κ2) is 5.49. The topological polar surface area (TPSA) is 4.93 Å². The second-order valence-electron chi connectivity index (χ2n) is 5.13. The molecule has 0 aliphatic heterocycles. The molecule has 0 saturated heterocycles. The van der Waals surface area contributed by atoms with Crippen LogP contribution < -0.4 is 0 Å². The number of hydrogen-bond donors (Lipinski definition) is 0. The van der Waals surface area contributed by atoms with Crippen LogP contribution in [0.15, 0.2) is 60.7 Å². The Balaban J connectivity index is 2.17. The number of hydrogen-bond acceptors (Lipinski definition) is 0. The lowest BCUT2D eigenvalue weighted by Crippen LogP contribution is -1.93. The Morgan fingerprint density at radius 2 is 1.18 bits per heavy atom. The van der Waals surface area contributed by atoms with Gasteiger partial charge in [0, 0.05) is 23.6 Å². The van der Waals surface area contributed by atoms with E-state index in [9.17, 15) is 4.39 Å². The van der Waals surface area contributed by atoms with Gasteiger partial charge in [-0.2, -0.15) is 0 Å². The first-order chi connectivity index (χ1) is 10.6. The van der Waals surface area contributed by atoms with Crippen LogP contribution in [0, 0.1) is 13.0 Å². The van der Waals surface area contributed by atoms with Crippen molar-refractivity contribution in [2.75, 3.05) is 0 Å². The Hall–Kier alpha value is -1.15. The summed E-state index contributed by atoms with van der Waals surface area (Å²) in [5.41, 5.74) is 3.26. The van der Waals surface area contributed by atoms with Gasteiger partial charge in [-0.3, -0.25) is 0 Å². The molecule has 0 aliphatic rings. The molecule has 1 nitrogen and oxygen atoms in total. The standard InChI is InChI=1S/C18H10FI2N/c19-11-1-5-14(6-2-11)22-17-7-3-12(20)9-15(17)16-10-13(21)4-8-18(16)22/h1-10H. The van der Waals surface area contributed by atoms with Crippen LogP contribution in [-0.4, -0.2) is 4.57 Å². The summed E-state index contributed by atoms with van der Waals surface area (Å²) < 4.78 is 17.9. The van der Waals surface area contributed by atoms with E-state index in [-0.39, 0.29) is 5.82 Å². The molecule has 0 amide bonds. The van der Waals surface area contributed by atoms with Gasteiger partial charge in [-0.15, -0.1) is 0 Å². The van der Waals surface area contributed by atoms with E-state index < -0.39 is 0 Å². The summed E-state index contributed by atoms with van der Waals surface area (Å²) in [6.07, 6.45) is 0. The maximum atomic E-state index is 13.3. The normalized spacial score (nSPS) is 11.4. The molecule has 0 fully saturated rings. The lowest BCUT2D eigenvalue weighted by molar-refractivity contribution is 0.627. The molecule has 4 rings (SSSR count). The predicted molar refractivity (Wildman–Crippen MR) is 106 cm³/mol. The summed E-state index contributed by atoms with van der Waals surface area (Å²) in [5, 5.41) is 2.45. The fraction of sp³-hybridized carbons (Fsp3) is 0. The molecule has 0 spiro atoms. The highest BCUT2D eigenvalue weighted by atomic mass is 127. The van der Waals surface area contributed by atoms with Crippen LogP contribution in [0.2, 0.25) is 0 Å². The molecule has 3 aromatic carbocycles. The van der Waals surface area contributed by atoms with Gasteiger partial charge in [-0.1, -0.05) is 0 Å². The molecular weight excluding hydrogens is 503 g/mol. The highest BCUT2D eigenvalue weighted by Gasteiger charge is 2.12. The second-order valence-corrected chi connectivity index (χ2v) is 7.63. The minimum atomic E-state index is -0.214. The third-order valence-corrected chi connectivity index (χ3v) is 5.12. The number of fused-ring (bicyclic) bond motifs is 3. The van der Waals surface area contributed by atoms with E-state index in [1.807, 2.05) is 12.1 Å². The van der Waals surface area contributed by atoms with Gasteiger partial charge in [-0.05, 0) is 106 Å². The summed E-state index contributed by atoms with van der Waals surface area (Å²) >= 11 is 4.67. The van der Waals surface area contributed by atoms with Gasteiger partial charge >= 0.3 is 0 Å². The van der Waals surface area contributed by atoms with Gasteiger partial charge in [0.05, 0.1) is 11.0 Å². The van der Waals surface area contributed by atoms with E-state index in [2.05, 4.69) is 86.1 Å². The zero-order chi connectivity index (χ0) is 15.3. The Morgan fingerprint density at radius 3 is 1.68 bits per heavy atom. The summed E-state index contributed by atoms with van der Waals surface area (Å²) in [5.74, 6) is -0.214. The third-order valence-electron chi connectivity index (χ3n) is 3.77. The zero-order valence-electron chi connectivity index (χ0n) is 11.4. The van der Waals surface area contributed by atoms with Crippen molar-refractivity contribution >= 4 is 67.0 Å². The van der Waals surface area contributed by atoms with Crippen molar-refractivity contribution in [2.45, 2.75) is 0 Å². The number of nitrogens with zero attached hydrogens (tertiary/aromatic N) is 1. The van der Waals surface area contributed by atoms with E-state index in [0.29, 0.717) is 0 Å². The molecule has 0 N–H and O–H groups in total. The fourth-order valence-electron chi connectivity index (χ4n) is 2.84. The van der Waals surface area contributed by atoms with E-state index >= 15 is 0 Å². The first-order valence-electron chi connectivity index (χ1n) is 6.79. The van der Waals surface area contributed by atoms with Gasteiger partial charge in [0.15, 0.2) is 0 Å². The summed E-state index contributed by atoms with van der Waals surface area (Å²) in [6.45, 7) is 0. The van der Waals surface area contributed by atoms with Gasteiger partial charge in [0.25, 0.3) is 0 Å². The van der Waals surface area contributed by atoms with Crippen LogP contribution >= 0.6 is 45.2 Å². The van der Waals surface area contributed by atoms with Crippen molar-refractivity contribution in [3.8, 4) is 5.69 Å². The van der Waals surface area contributed by atoms with Crippen LogP contribution in [0.25, 0.3) is 27.5 Å². The van der Waals surface area contributed by atoms with Gasteiger partial charge in [-0.25, -0.2) is 4.39 Å². The minimum absolute atomic E-state index is 0.214. The van der Waals surface area contributed by atoms with E-state index in [1.54, 1.807) is 0 Å². The van der Waals surface area contributed by atoms with Crippen molar-refractivity contribution in [1.29, 1.82) is 0 Å². The minimum Gasteiger partial charge on any atom is -0.309 e. The van der Waals surface area contributed by atoms with Gasteiger partial charge < -0.3 is 4.57 Å². The van der Waals surface area contributed by atoms with Crippen LogP contribution in [0.5, 0.6) is 0 Å². The zero-order valence-corrected chi connectivity index (χ0v) is 15.7. The Labute approximate surface area is 154 Å². The highest BCUT2D eigenvalue weighted by Crippen LogP contribution is 2.33. The Kier molecular flexibility index (Phi) is 3.60. The predicted octanol–water partition coefficient (Wildman–Crippen LogP) is 6.13. The number of rotatable bonds is 1. The molecule has 1 aromatic heterocycles. The largest absolute Gasteiger partial charge is 0.309 e. The van der Waals surface area contributed by atoms with E-state index in [4.69, 9.17) is 0 Å². The van der Waals surface area contributed by atoms with Crippen molar-refractivity contribution in [3.05, 3.63) is 73.6 Å². The van der Waals surface area contributed by atoms with Gasteiger partial charge in [0.1, 0.15) is 5.82 Å². The van der Waals surface area contributed by atoms with Crippen molar-refractivity contribution < 1.29 is 4.39 Å². The molecule has 0 radical (unpaired) electrons. The summed E-state index contributed by atoms with van der Waals surface area (Å²) in [6, 6.07) is 19.5. The fourth-order valence-corrected chi connectivity index (χ4v) is 3.82. The molecule has 22 heavy (non-hydrogen) atoms. The maximum Gasteiger partial charge on any atom is 0.123 e. The average Bonchev–Trinajstić information content (AvgIpc) is 2.81. The van der Waals surface area contributed by atoms with Gasteiger partial charge in [0.2, 0.25) is 0 Å². The molecule has 0 bridgehead atoms. The lowest BCUT2D eigenvalue weighted by atomic mass is 10.2. The molecule has 0 atom stereocenters. The van der Waals surface area contributed by atoms with Crippen LogP contribution in [-0.2, 0) is 0 Å². The first-order valence-corrected chi connectivity index (χ1v) is 8.94. The number of benzene rings is 3. The van der Waals surface area contributed by atoms with Crippen LogP contribution in [0.4, 0.5) is 4.39 Å². The molecule has 4 heteroatoms. The molecule has 108 valence electrons. The number of halogens is 3. The van der Waals surface area contributed by atoms with Crippen molar-refractivity contribution in [1.82, 2.24) is 4.57 Å². The lowest BCUT2D eigenvalue weighted by Gasteiger charge is -2.07. The molecular formula is C18H10FI2N. The Morgan fingerprint density at radius 1 is 0.682 bits per heavy atom. The van der Waals surface area contributed by atoms with Crippen molar-refractivity contribution in [2.24, 2.45) is 0 Å².